The molecule has 15 heavy (non-hydrogen) atoms. The average molecular weight is 218 g/mol. The van der Waals surface area contributed by atoms with Gasteiger partial charge < -0.3 is 14.4 Å². The maximum Gasteiger partial charge on any atom is 0.208 e. The van der Waals surface area contributed by atoms with Gasteiger partial charge in [0.05, 0.1) is 13.2 Å². The minimum Gasteiger partial charge on any atom is -0.385 e. The zero-order chi connectivity index (χ0) is 11.5. The molecule has 6 heteroatoms. The predicted octanol–water partition coefficient (Wildman–Crippen LogP) is -0.580. The maximum atomic E-state index is 5.37. The topological polar surface area (TPSA) is 72.1 Å². The van der Waals surface area contributed by atoms with E-state index in [1.54, 1.807) is 14.2 Å². The van der Waals surface area contributed by atoms with Gasteiger partial charge in [-0.25, -0.2) is 10.8 Å². The summed E-state index contributed by atoms with van der Waals surface area (Å²) in [7, 11) is 5.27. The molecule has 0 radical (unpaired) electrons. The van der Waals surface area contributed by atoms with Gasteiger partial charge in [-0.15, -0.1) is 0 Å². The number of hydrogen-bond donors (Lipinski definition) is 2. The molecule has 0 bridgehead atoms. The van der Waals surface area contributed by atoms with Crippen molar-refractivity contribution in [1.29, 1.82) is 0 Å². The van der Waals surface area contributed by atoms with Crippen LogP contribution in [0.3, 0.4) is 0 Å². The number of nitrogens with one attached hydrogen (secondary N) is 1. The zero-order valence-electron chi connectivity index (χ0n) is 9.82. The molecule has 0 saturated carbocycles. The van der Waals surface area contributed by atoms with Crippen LogP contribution in [0.25, 0.3) is 0 Å². The van der Waals surface area contributed by atoms with Crippen LogP contribution < -0.4 is 11.3 Å². The van der Waals surface area contributed by atoms with E-state index in [0.717, 1.165) is 19.6 Å². The van der Waals surface area contributed by atoms with Crippen LogP contribution in [0.15, 0.2) is 4.99 Å². The van der Waals surface area contributed by atoms with Gasteiger partial charge in [0.15, 0.2) is 0 Å². The molecule has 0 aromatic carbocycles. The number of aliphatic imine (C=N–C) groups is 1. The van der Waals surface area contributed by atoms with E-state index in [2.05, 4.69) is 10.4 Å². The number of hydrazine groups is 1. The summed E-state index contributed by atoms with van der Waals surface area (Å²) >= 11 is 0. The third-order valence-electron chi connectivity index (χ3n) is 1.89. The third kappa shape index (κ3) is 7.12. The lowest BCUT2D eigenvalue weighted by atomic mass is 10.4. The summed E-state index contributed by atoms with van der Waals surface area (Å²) in [5, 5.41) is 0. The molecule has 6 nitrogen and oxygen atoms in total. The Balaban J connectivity index is 3.86. The predicted molar refractivity (Wildman–Crippen MR) is 60.6 cm³/mol. The fourth-order valence-electron chi connectivity index (χ4n) is 1.07. The summed E-state index contributed by atoms with van der Waals surface area (Å²) < 4.78 is 9.87. The summed E-state index contributed by atoms with van der Waals surface area (Å²) in [6.45, 7) is 2.78. The van der Waals surface area contributed by atoms with Crippen LogP contribution in [0, 0.1) is 0 Å². The molecule has 0 fully saturated rings. The lowest BCUT2D eigenvalue weighted by Gasteiger charge is -2.20. The van der Waals surface area contributed by atoms with E-state index in [1.807, 2.05) is 11.9 Å². The highest BCUT2D eigenvalue weighted by atomic mass is 16.5. The van der Waals surface area contributed by atoms with Gasteiger partial charge in [0.1, 0.15) is 0 Å². The minimum atomic E-state index is 0.594. The highest BCUT2D eigenvalue weighted by Crippen LogP contribution is 1.89. The fraction of sp³-hybridized carbons (Fsp3) is 0.889. The third-order valence-corrected chi connectivity index (χ3v) is 1.89. The summed E-state index contributed by atoms with van der Waals surface area (Å²) in [6.07, 6.45) is 0.942. The Bertz CT molecular complexity index is 175. The smallest absolute Gasteiger partial charge is 0.208 e. The van der Waals surface area contributed by atoms with Crippen molar-refractivity contribution in [2.45, 2.75) is 6.42 Å². The molecular weight excluding hydrogens is 196 g/mol. The van der Waals surface area contributed by atoms with Crippen molar-refractivity contribution in [1.82, 2.24) is 10.3 Å². The van der Waals surface area contributed by atoms with Crippen LogP contribution in [-0.4, -0.2) is 58.4 Å². The number of methoxy groups -OCH3 is 2. The second-order valence-electron chi connectivity index (χ2n) is 3.11. The standard InChI is InChI=1S/C9H22N4O2/c1-13(6-4-7-14-2)9(12-10)11-5-8-15-3/h4-8,10H2,1-3H3,(H,11,12). The molecule has 90 valence electrons. The molecule has 0 aromatic rings. The zero-order valence-corrected chi connectivity index (χ0v) is 9.82. The Labute approximate surface area is 91.4 Å². The summed E-state index contributed by atoms with van der Waals surface area (Å²) in [6, 6.07) is 0. The van der Waals surface area contributed by atoms with Crippen LogP contribution in [0.1, 0.15) is 6.42 Å². The van der Waals surface area contributed by atoms with Gasteiger partial charge in [0, 0.05) is 34.4 Å². The van der Waals surface area contributed by atoms with Crippen molar-refractivity contribution in [3.63, 3.8) is 0 Å². The van der Waals surface area contributed by atoms with E-state index < -0.39 is 0 Å². The minimum absolute atomic E-state index is 0.594. The molecule has 0 aliphatic heterocycles. The molecule has 0 unspecified atom stereocenters. The first-order valence-electron chi connectivity index (χ1n) is 4.96. The second-order valence-corrected chi connectivity index (χ2v) is 3.11. The Morgan fingerprint density at radius 1 is 1.33 bits per heavy atom. The molecule has 0 amide bonds. The van der Waals surface area contributed by atoms with Crippen molar-refractivity contribution in [2.24, 2.45) is 10.8 Å². The Hall–Kier alpha value is -0.850. The number of nitrogens with two attached hydrogens (primary N) is 1. The van der Waals surface area contributed by atoms with E-state index in [9.17, 15) is 0 Å². The van der Waals surface area contributed by atoms with Crippen molar-refractivity contribution in [3.8, 4) is 0 Å². The van der Waals surface area contributed by atoms with Crippen molar-refractivity contribution >= 4 is 5.96 Å². The SMILES string of the molecule is COCCCN(C)C(=NCCOC)NN. The lowest BCUT2D eigenvalue weighted by Crippen LogP contribution is -2.43. The van der Waals surface area contributed by atoms with Gasteiger partial charge >= 0.3 is 0 Å². The number of guanidine groups is 1. The van der Waals surface area contributed by atoms with Gasteiger partial charge in [0.25, 0.3) is 0 Å². The molecule has 0 aliphatic rings. The maximum absolute atomic E-state index is 5.37. The Morgan fingerprint density at radius 2 is 2.00 bits per heavy atom. The molecule has 0 aliphatic carbocycles. The van der Waals surface area contributed by atoms with Crippen LogP contribution in [0.2, 0.25) is 0 Å². The molecule has 0 atom stereocenters. The quantitative estimate of drug-likeness (QED) is 0.197. The number of rotatable bonds is 7. The van der Waals surface area contributed by atoms with E-state index >= 15 is 0 Å². The summed E-state index contributed by atoms with van der Waals surface area (Å²) in [5.41, 5.74) is 2.57. The van der Waals surface area contributed by atoms with Gasteiger partial charge in [-0.2, -0.15) is 0 Å². The number of nitrogens with zero attached hydrogens (tertiary/aromatic N) is 2. The van der Waals surface area contributed by atoms with Gasteiger partial charge in [-0.1, -0.05) is 0 Å². The van der Waals surface area contributed by atoms with Crippen LogP contribution in [0.5, 0.6) is 0 Å². The van der Waals surface area contributed by atoms with E-state index in [0.29, 0.717) is 19.1 Å². The molecule has 0 spiro atoms. The summed E-state index contributed by atoms with van der Waals surface area (Å²) in [5.74, 6) is 6.04. The fourth-order valence-corrected chi connectivity index (χ4v) is 1.07. The van der Waals surface area contributed by atoms with E-state index in [-0.39, 0.29) is 0 Å². The highest BCUT2D eigenvalue weighted by Gasteiger charge is 2.03. The Morgan fingerprint density at radius 3 is 2.53 bits per heavy atom. The van der Waals surface area contributed by atoms with Crippen molar-refractivity contribution in [3.05, 3.63) is 0 Å². The molecule has 0 saturated heterocycles. The monoisotopic (exact) mass is 218 g/mol. The molecule has 0 heterocycles. The Kier molecular flexibility index (Phi) is 9.15. The van der Waals surface area contributed by atoms with E-state index in [4.69, 9.17) is 15.3 Å². The summed E-state index contributed by atoms with van der Waals surface area (Å²) in [4.78, 5) is 6.20. The number of ether oxygens (including phenoxy) is 2. The largest absolute Gasteiger partial charge is 0.385 e. The molecule has 0 rings (SSSR count). The van der Waals surface area contributed by atoms with Crippen LogP contribution >= 0.6 is 0 Å². The van der Waals surface area contributed by atoms with Crippen LogP contribution in [0.4, 0.5) is 0 Å². The average Bonchev–Trinajstić information content (AvgIpc) is 2.24. The molecule has 0 aromatic heterocycles. The van der Waals surface area contributed by atoms with E-state index in [1.165, 1.54) is 0 Å². The number of hydrogen-bond acceptors (Lipinski definition) is 4. The highest BCUT2D eigenvalue weighted by molar-refractivity contribution is 5.79. The first-order chi connectivity index (χ1) is 7.26. The molecular formula is C9H22N4O2. The van der Waals surface area contributed by atoms with Crippen molar-refractivity contribution < 1.29 is 9.47 Å². The van der Waals surface area contributed by atoms with Gasteiger partial charge in [0.2, 0.25) is 5.96 Å². The lowest BCUT2D eigenvalue weighted by molar-refractivity contribution is 0.188. The second kappa shape index (κ2) is 9.70. The molecule has 3 N–H and O–H groups in total. The normalized spacial score (nSPS) is 11.6. The van der Waals surface area contributed by atoms with Crippen molar-refractivity contribution in [2.75, 3.05) is 47.6 Å². The first-order valence-corrected chi connectivity index (χ1v) is 4.96. The van der Waals surface area contributed by atoms with Crippen LogP contribution in [-0.2, 0) is 9.47 Å². The first kappa shape index (κ1) is 14.2. The van der Waals surface area contributed by atoms with Gasteiger partial charge in [-0.05, 0) is 6.42 Å². The van der Waals surface area contributed by atoms with Gasteiger partial charge in [-0.3, -0.25) is 5.43 Å².